The van der Waals surface area contributed by atoms with Gasteiger partial charge in [0.1, 0.15) is 42.0 Å². The molecular weight excluding hydrogens is 871 g/mol. The predicted molar refractivity (Wildman–Crippen MR) is 254 cm³/mol. The minimum absolute atomic E-state index is 0.00734. The van der Waals surface area contributed by atoms with E-state index in [0.717, 1.165) is 0 Å². The lowest BCUT2D eigenvalue weighted by Crippen LogP contribution is -2.62. The van der Waals surface area contributed by atoms with Crippen molar-refractivity contribution in [2.45, 2.75) is 161 Å². The van der Waals surface area contributed by atoms with Crippen LogP contribution in [0, 0.1) is 23.7 Å². The first-order chi connectivity index (χ1) is 32.3. The molecule has 3 aliphatic heterocycles. The van der Waals surface area contributed by atoms with Crippen molar-refractivity contribution in [1.82, 2.24) is 36.4 Å². The number of Topliss-reactive ketones (excluding diaryl/α,β-unsaturated/α-hetero) is 1. The highest BCUT2D eigenvalue weighted by atomic mass is 16.3. The van der Waals surface area contributed by atoms with Crippen LogP contribution in [0.4, 0.5) is 0 Å². The molecule has 0 spiro atoms. The number of amides is 7. The molecule has 7 amide bonds. The zero-order chi connectivity index (χ0) is 49.8. The largest absolute Gasteiger partial charge is 0.508 e. The standard InChI is InChI=1S/C51H73N7O10/c1-8-31(6)43-48(65)54-38(25-30(4)5)50(67)58-23-13-17-41(58)47(64)56-44(32(7)59)49(66)52-37(26-33-14-10-9-11-15-33)46(63)53-39(27-34-18-20-36(60)21-19-34)51(68)57-22-12-16-40(57)42(61)28-35(24-29(2)3)45(62)55-43/h9-11,14-15,18-21,29-32,35,37-41,43-44,59-60H,8,12-13,16-17,22-28H2,1-7H3,(H,52,66)(H,53,63)(H,54,65)(H,55,62)(H,56,64). The molecule has 372 valence electrons. The summed E-state index contributed by atoms with van der Waals surface area (Å²) in [6, 6.07) is 6.66. The Hall–Kier alpha value is -5.84. The van der Waals surface area contributed by atoms with Gasteiger partial charge in [-0.2, -0.15) is 0 Å². The molecule has 68 heavy (non-hydrogen) atoms. The van der Waals surface area contributed by atoms with Crippen molar-refractivity contribution in [2.75, 3.05) is 13.1 Å². The molecule has 3 saturated heterocycles. The summed E-state index contributed by atoms with van der Waals surface area (Å²) in [5.41, 5.74) is 1.24. The van der Waals surface area contributed by atoms with Crippen molar-refractivity contribution in [3.8, 4) is 5.75 Å². The van der Waals surface area contributed by atoms with Gasteiger partial charge >= 0.3 is 0 Å². The number of aromatic hydroxyl groups is 1. The van der Waals surface area contributed by atoms with Crippen molar-refractivity contribution in [1.29, 1.82) is 0 Å². The Kier molecular flexibility index (Phi) is 19.1. The number of carbonyl (C=O) groups is 8. The van der Waals surface area contributed by atoms with Gasteiger partial charge < -0.3 is 46.6 Å². The van der Waals surface area contributed by atoms with Gasteiger partial charge in [0.2, 0.25) is 41.4 Å². The molecule has 17 heteroatoms. The normalized spacial score (nSPS) is 27.4. The molecule has 17 nitrogen and oxygen atoms in total. The zero-order valence-electron chi connectivity index (χ0n) is 40.7. The summed E-state index contributed by atoms with van der Waals surface area (Å²) in [7, 11) is 0. The Balaban J connectivity index is 1.59. The molecule has 0 bridgehead atoms. The Morgan fingerprint density at radius 1 is 0.574 bits per heavy atom. The summed E-state index contributed by atoms with van der Waals surface area (Å²) in [6.45, 7) is 13.0. The molecule has 0 aromatic heterocycles. The van der Waals surface area contributed by atoms with Gasteiger partial charge in [-0.1, -0.05) is 90.4 Å². The molecule has 0 aliphatic carbocycles. The van der Waals surface area contributed by atoms with E-state index in [-0.39, 0.29) is 74.5 Å². The first-order valence-corrected chi connectivity index (χ1v) is 24.4. The van der Waals surface area contributed by atoms with Crippen molar-refractivity contribution in [3.05, 3.63) is 65.7 Å². The van der Waals surface area contributed by atoms with Gasteiger partial charge in [-0.25, -0.2) is 0 Å². The third-order valence-corrected chi connectivity index (χ3v) is 13.4. The van der Waals surface area contributed by atoms with E-state index in [4.69, 9.17) is 0 Å². The summed E-state index contributed by atoms with van der Waals surface area (Å²) in [6.07, 6.45) is 0.734. The second kappa shape index (κ2) is 24.4. The lowest BCUT2D eigenvalue weighted by atomic mass is 9.88. The highest BCUT2D eigenvalue weighted by Crippen LogP contribution is 2.27. The highest BCUT2D eigenvalue weighted by molar-refractivity contribution is 5.99. The summed E-state index contributed by atoms with van der Waals surface area (Å²) >= 11 is 0. The Labute approximate surface area is 400 Å². The fourth-order valence-corrected chi connectivity index (χ4v) is 9.54. The molecule has 2 aromatic rings. The Morgan fingerprint density at radius 2 is 1.09 bits per heavy atom. The van der Waals surface area contributed by atoms with Gasteiger partial charge in [0.05, 0.1) is 12.1 Å². The molecule has 3 heterocycles. The molecule has 0 radical (unpaired) electrons. The lowest BCUT2D eigenvalue weighted by molar-refractivity contribution is -0.144. The number of hydrogen-bond donors (Lipinski definition) is 7. The van der Waals surface area contributed by atoms with Gasteiger partial charge in [-0.05, 0) is 86.5 Å². The van der Waals surface area contributed by atoms with Crippen LogP contribution in [0.5, 0.6) is 5.75 Å². The van der Waals surface area contributed by atoms with Crippen LogP contribution >= 0.6 is 0 Å². The summed E-state index contributed by atoms with van der Waals surface area (Å²) in [5.74, 6) is -6.17. The van der Waals surface area contributed by atoms with Crippen molar-refractivity contribution >= 4 is 47.1 Å². The van der Waals surface area contributed by atoms with Crippen LogP contribution in [0.3, 0.4) is 0 Å². The number of phenolic OH excluding ortho intramolecular Hbond substituents is 1. The second-order valence-corrected chi connectivity index (χ2v) is 19.8. The Morgan fingerprint density at radius 3 is 1.69 bits per heavy atom. The van der Waals surface area contributed by atoms with E-state index in [0.29, 0.717) is 43.2 Å². The van der Waals surface area contributed by atoms with Crippen LogP contribution in [-0.4, -0.2) is 129 Å². The van der Waals surface area contributed by atoms with E-state index in [2.05, 4.69) is 26.6 Å². The molecule has 3 aliphatic rings. The molecule has 0 saturated carbocycles. The van der Waals surface area contributed by atoms with E-state index in [1.165, 1.54) is 28.9 Å². The monoisotopic (exact) mass is 944 g/mol. The number of nitrogens with zero attached hydrogens (tertiary/aromatic N) is 2. The van der Waals surface area contributed by atoms with E-state index >= 15 is 0 Å². The SMILES string of the molecule is CCC(C)C1NC(=O)C(CC(C)C)CC(=O)C2CCCN2C(=O)C(Cc2ccc(O)cc2)NC(=O)C(Cc2ccccc2)NC(=O)C(C(C)O)NC(=O)C2CCCN2C(=O)C(CC(C)C)NC1=O. The molecule has 3 fully saturated rings. The maximum atomic E-state index is 14.8. The quantitative estimate of drug-likeness (QED) is 0.174. The number of rotatable bonds is 11. The van der Waals surface area contributed by atoms with Gasteiger partial charge in [-0.3, -0.25) is 38.4 Å². The minimum atomic E-state index is -1.58. The first kappa shape index (κ1) is 53.1. The van der Waals surface area contributed by atoms with Gasteiger partial charge in [0.25, 0.3) is 0 Å². The number of ketones is 1. The maximum absolute atomic E-state index is 14.8. The van der Waals surface area contributed by atoms with Crippen molar-refractivity contribution < 1.29 is 48.6 Å². The first-order valence-electron chi connectivity index (χ1n) is 24.4. The van der Waals surface area contributed by atoms with Gasteiger partial charge in [0.15, 0.2) is 5.78 Å². The van der Waals surface area contributed by atoms with Crippen LogP contribution in [0.15, 0.2) is 54.6 Å². The highest BCUT2D eigenvalue weighted by Gasteiger charge is 2.43. The van der Waals surface area contributed by atoms with Crippen LogP contribution in [0.1, 0.15) is 111 Å². The third kappa shape index (κ3) is 14.1. The van der Waals surface area contributed by atoms with E-state index in [9.17, 15) is 48.6 Å². The number of carbonyl (C=O) groups excluding carboxylic acids is 8. The van der Waals surface area contributed by atoms with Crippen LogP contribution in [0.2, 0.25) is 0 Å². The van der Waals surface area contributed by atoms with Gasteiger partial charge in [0, 0.05) is 38.3 Å². The van der Waals surface area contributed by atoms with Gasteiger partial charge in [-0.15, -0.1) is 0 Å². The van der Waals surface area contributed by atoms with Crippen LogP contribution < -0.4 is 26.6 Å². The van der Waals surface area contributed by atoms with Crippen molar-refractivity contribution in [2.24, 2.45) is 23.7 Å². The number of phenols is 1. The molecule has 2 aromatic carbocycles. The summed E-state index contributed by atoms with van der Waals surface area (Å²) in [4.78, 5) is 118. The van der Waals surface area contributed by atoms with Crippen LogP contribution in [-0.2, 0) is 51.2 Å². The number of nitrogens with one attached hydrogen (secondary N) is 5. The molecule has 10 unspecified atom stereocenters. The minimum Gasteiger partial charge on any atom is -0.508 e. The zero-order valence-corrected chi connectivity index (χ0v) is 40.7. The average Bonchev–Trinajstić information content (AvgIpc) is 4.00. The number of hydrogen-bond acceptors (Lipinski definition) is 10. The maximum Gasteiger partial charge on any atom is 0.246 e. The topological polar surface area (TPSA) is 244 Å². The Bertz CT molecular complexity index is 2100. The third-order valence-electron chi connectivity index (χ3n) is 13.4. The van der Waals surface area contributed by atoms with E-state index < -0.39 is 95.7 Å². The predicted octanol–water partition coefficient (Wildman–Crippen LogP) is 2.69. The number of aliphatic hydroxyl groups excluding tert-OH is 1. The van der Waals surface area contributed by atoms with Crippen LogP contribution in [0.25, 0.3) is 0 Å². The lowest BCUT2D eigenvalue weighted by Gasteiger charge is -2.33. The smallest absolute Gasteiger partial charge is 0.246 e. The summed E-state index contributed by atoms with van der Waals surface area (Å²) < 4.78 is 0. The molecule has 7 N–H and O–H groups in total. The van der Waals surface area contributed by atoms with Crippen molar-refractivity contribution in [3.63, 3.8) is 0 Å². The number of fused-ring (bicyclic) bond motifs is 2. The number of benzene rings is 2. The molecule has 5 rings (SSSR count). The fraction of sp³-hybridized carbons (Fsp3) is 0.608. The molecular formula is C51H73N7O10. The summed E-state index contributed by atoms with van der Waals surface area (Å²) in [5, 5.41) is 35.1. The van der Waals surface area contributed by atoms with E-state index in [1.807, 2.05) is 41.5 Å². The van der Waals surface area contributed by atoms with E-state index in [1.54, 1.807) is 42.5 Å². The second-order valence-electron chi connectivity index (χ2n) is 19.8. The fourth-order valence-electron chi connectivity index (χ4n) is 9.54. The molecule has 10 atom stereocenters. The number of aliphatic hydroxyl groups is 1. The average molecular weight is 944 g/mol.